The van der Waals surface area contributed by atoms with Gasteiger partial charge in [-0.2, -0.15) is 0 Å². The maximum atomic E-state index is 12.4. The second-order valence-corrected chi connectivity index (χ2v) is 7.12. The first-order valence-corrected chi connectivity index (χ1v) is 8.68. The molecule has 0 heterocycles. The van der Waals surface area contributed by atoms with Crippen LogP contribution in [0.4, 0.5) is 11.4 Å². The van der Waals surface area contributed by atoms with Crippen LogP contribution in [0.15, 0.2) is 36.4 Å². The van der Waals surface area contributed by atoms with E-state index in [9.17, 15) is 9.59 Å². The van der Waals surface area contributed by atoms with Crippen molar-refractivity contribution in [2.24, 2.45) is 11.8 Å². The maximum absolute atomic E-state index is 12.4. The quantitative estimate of drug-likeness (QED) is 0.848. The lowest BCUT2D eigenvalue weighted by molar-refractivity contribution is -0.122. The smallest absolute Gasteiger partial charge is 0.228 e. The number of rotatable bonds is 4. The Morgan fingerprint density at radius 2 is 1.56 bits per heavy atom. The normalized spacial score (nSPS) is 18.6. The summed E-state index contributed by atoms with van der Waals surface area (Å²) in [5.41, 5.74) is 4.51. The molecule has 2 aromatic carbocycles. The summed E-state index contributed by atoms with van der Waals surface area (Å²) in [7, 11) is 0. The van der Waals surface area contributed by atoms with Crippen LogP contribution in [-0.2, 0) is 9.59 Å². The molecule has 1 aliphatic carbocycles. The van der Waals surface area contributed by atoms with E-state index in [-0.39, 0.29) is 23.7 Å². The molecular weight excluding hydrogens is 336 g/mol. The van der Waals surface area contributed by atoms with E-state index in [1.807, 2.05) is 51.1 Å². The van der Waals surface area contributed by atoms with Gasteiger partial charge in [-0.1, -0.05) is 29.8 Å². The topological polar surface area (TPSA) is 58.2 Å². The highest BCUT2D eigenvalue weighted by Crippen LogP contribution is 2.40. The molecule has 1 saturated carbocycles. The van der Waals surface area contributed by atoms with Gasteiger partial charge in [0.25, 0.3) is 0 Å². The molecule has 5 heteroatoms. The largest absolute Gasteiger partial charge is 0.326 e. The number of nitrogens with one attached hydrogen (secondary N) is 2. The molecule has 2 atom stereocenters. The van der Waals surface area contributed by atoms with Crippen LogP contribution in [-0.4, -0.2) is 11.8 Å². The molecular formula is C20H21ClN2O2. The highest BCUT2D eigenvalue weighted by Gasteiger charge is 2.48. The molecule has 2 unspecified atom stereocenters. The SMILES string of the molecule is Cc1ccc(C)c(NC(=O)C2CC2C(=O)Nc2ccc(C)c(Cl)c2)c1. The lowest BCUT2D eigenvalue weighted by Gasteiger charge is -2.10. The van der Waals surface area contributed by atoms with Gasteiger partial charge in [0.05, 0.1) is 11.8 Å². The summed E-state index contributed by atoms with van der Waals surface area (Å²) in [6.07, 6.45) is 0.572. The average molecular weight is 357 g/mol. The van der Waals surface area contributed by atoms with Crippen molar-refractivity contribution in [1.82, 2.24) is 0 Å². The van der Waals surface area contributed by atoms with Crippen molar-refractivity contribution in [2.45, 2.75) is 27.2 Å². The molecule has 0 radical (unpaired) electrons. The van der Waals surface area contributed by atoms with E-state index in [0.29, 0.717) is 17.1 Å². The fourth-order valence-electron chi connectivity index (χ4n) is 2.78. The van der Waals surface area contributed by atoms with Crippen molar-refractivity contribution in [2.75, 3.05) is 10.6 Å². The van der Waals surface area contributed by atoms with E-state index >= 15 is 0 Å². The number of aryl methyl sites for hydroxylation is 3. The number of amides is 2. The molecule has 0 spiro atoms. The van der Waals surface area contributed by atoms with Crippen LogP contribution < -0.4 is 10.6 Å². The molecule has 0 aromatic heterocycles. The third-order valence-electron chi connectivity index (χ3n) is 4.55. The molecule has 130 valence electrons. The summed E-state index contributed by atoms with van der Waals surface area (Å²) in [6.45, 7) is 5.84. The second kappa shape index (κ2) is 6.89. The van der Waals surface area contributed by atoms with E-state index < -0.39 is 0 Å². The number of hydrogen-bond acceptors (Lipinski definition) is 2. The monoisotopic (exact) mass is 356 g/mol. The van der Waals surface area contributed by atoms with Crippen LogP contribution in [0.25, 0.3) is 0 Å². The molecule has 25 heavy (non-hydrogen) atoms. The predicted octanol–water partition coefficient (Wildman–Crippen LogP) is 4.48. The molecule has 0 saturated heterocycles. The van der Waals surface area contributed by atoms with Crippen molar-refractivity contribution in [3.63, 3.8) is 0 Å². The van der Waals surface area contributed by atoms with Crippen LogP contribution >= 0.6 is 11.6 Å². The minimum absolute atomic E-state index is 0.101. The Balaban J connectivity index is 1.59. The number of carbonyl (C=O) groups excluding carboxylic acids is 2. The predicted molar refractivity (Wildman–Crippen MR) is 101 cm³/mol. The summed E-state index contributed by atoms with van der Waals surface area (Å²) >= 11 is 6.07. The number of hydrogen-bond donors (Lipinski definition) is 2. The Morgan fingerprint density at radius 1 is 0.920 bits per heavy atom. The van der Waals surface area contributed by atoms with Gasteiger partial charge >= 0.3 is 0 Å². The van der Waals surface area contributed by atoms with Gasteiger partial charge in [0.15, 0.2) is 0 Å². The summed E-state index contributed by atoms with van der Waals surface area (Å²) in [5, 5.41) is 6.39. The van der Waals surface area contributed by atoms with E-state index in [4.69, 9.17) is 11.6 Å². The number of carbonyl (C=O) groups is 2. The fraction of sp³-hybridized carbons (Fsp3) is 0.300. The van der Waals surface area contributed by atoms with Gasteiger partial charge in [-0.05, 0) is 62.1 Å². The van der Waals surface area contributed by atoms with Crippen molar-refractivity contribution < 1.29 is 9.59 Å². The van der Waals surface area contributed by atoms with E-state index in [2.05, 4.69) is 10.6 Å². The van der Waals surface area contributed by atoms with Crippen molar-refractivity contribution in [3.05, 3.63) is 58.1 Å². The highest BCUT2D eigenvalue weighted by molar-refractivity contribution is 6.31. The maximum Gasteiger partial charge on any atom is 0.228 e. The van der Waals surface area contributed by atoms with Gasteiger partial charge in [-0.3, -0.25) is 9.59 Å². The Morgan fingerprint density at radius 3 is 2.24 bits per heavy atom. The third-order valence-corrected chi connectivity index (χ3v) is 4.96. The highest BCUT2D eigenvalue weighted by atomic mass is 35.5. The average Bonchev–Trinajstić information content (AvgIpc) is 3.35. The lowest BCUT2D eigenvalue weighted by Crippen LogP contribution is -2.21. The van der Waals surface area contributed by atoms with Gasteiger partial charge in [0, 0.05) is 16.4 Å². The summed E-state index contributed by atoms with van der Waals surface area (Å²) < 4.78 is 0. The van der Waals surface area contributed by atoms with Crippen LogP contribution in [0.3, 0.4) is 0 Å². The molecule has 1 aliphatic rings. The third kappa shape index (κ3) is 4.02. The molecule has 3 rings (SSSR count). The first-order chi connectivity index (χ1) is 11.8. The van der Waals surface area contributed by atoms with Gasteiger partial charge in [-0.15, -0.1) is 0 Å². The molecule has 4 nitrogen and oxygen atoms in total. The van der Waals surface area contributed by atoms with E-state index in [1.54, 1.807) is 6.07 Å². The minimum Gasteiger partial charge on any atom is -0.326 e. The summed E-state index contributed by atoms with van der Waals surface area (Å²) in [6, 6.07) is 11.3. The van der Waals surface area contributed by atoms with E-state index in [1.165, 1.54) is 0 Å². The molecule has 0 bridgehead atoms. The standard InChI is InChI=1S/C20H21ClN2O2/c1-11-4-5-13(3)18(8-11)23-20(25)16-10-15(16)19(24)22-14-7-6-12(2)17(21)9-14/h4-9,15-16H,10H2,1-3H3,(H,22,24)(H,23,25). The van der Waals surface area contributed by atoms with Crippen molar-refractivity contribution in [1.29, 1.82) is 0 Å². The zero-order valence-corrected chi connectivity index (χ0v) is 15.3. The Labute approximate surface area is 152 Å². The molecule has 2 N–H and O–H groups in total. The molecule has 0 aliphatic heterocycles. The fourth-order valence-corrected chi connectivity index (χ4v) is 2.96. The summed E-state index contributed by atoms with van der Waals surface area (Å²) in [4.78, 5) is 24.7. The zero-order valence-electron chi connectivity index (χ0n) is 14.5. The first kappa shape index (κ1) is 17.5. The summed E-state index contributed by atoms with van der Waals surface area (Å²) in [5.74, 6) is -0.803. The van der Waals surface area contributed by atoms with Crippen LogP contribution in [0.1, 0.15) is 23.1 Å². The van der Waals surface area contributed by atoms with Gasteiger partial charge in [0.1, 0.15) is 0 Å². The van der Waals surface area contributed by atoms with Gasteiger partial charge < -0.3 is 10.6 Å². The Hall–Kier alpha value is -2.33. The van der Waals surface area contributed by atoms with E-state index in [0.717, 1.165) is 22.4 Å². The first-order valence-electron chi connectivity index (χ1n) is 8.30. The van der Waals surface area contributed by atoms with Gasteiger partial charge in [-0.25, -0.2) is 0 Å². The molecule has 1 fully saturated rings. The number of benzene rings is 2. The minimum atomic E-state index is -0.287. The second-order valence-electron chi connectivity index (χ2n) is 6.71. The van der Waals surface area contributed by atoms with Crippen molar-refractivity contribution in [3.8, 4) is 0 Å². The van der Waals surface area contributed by atoms with Crippen LogP contribution in [0.2, 0.25) is 5.02 Å². The number of anilines is 2. The zero-order chi connectivity index (χ0) is 18.1. The van der Waals surface area contributed by atoms with Gasteiger partial charge in [0.2, 0.25) is 11.8 Å². The molecule has 2 aromatic rings. The molecule has 2 amide bonds. The van der Waals surface area contributed by atoms with Crippen molar-refractivity contribution >= 4 is 34.8 Å². The Bertz CT molecular complexity index is 848. The number of halogens is 1. The van der Waals surface area contributed by atoms with Crippen LogP contribution in [0, 0.1) is 32.6 Å². The Kier molecular flexibility index (Phi) is 4.82. The lowest BCUT2D eigenvalue weighted by atomic mass is 10.1. The van der Waals surface area contributed by atoms with Crippen LogP contribution in [0.5, 0.6) is 0 Å².